The average Bonchev–Trinajstić information content (AvgIpc) is 2.16. The van der Waals surface area contributed by atoms with Crippen LogP contribution >= 0.6 is 24.4 Å². The Hall–Kier alpha value is 0.110. The van der Waals surface area contributed by atoms with Crippen molar-refractivity contribution in [3.8, 4) is 0 Å². The number of hydrogen-bond donors (Lipinski definition) is 1. The van der Waals surface area contributed by atoms with Gasteiger partial charge in [-0.05, 0) is 31.8 Å². The molecule has 0 bridgehead atoms. The summed E-state index contributed by atoms with van der Waals surface area (Å²) in [6.07, 6.45) is 3.07. The molecule has 3 heteroatoms. The predicted molar refractivity (Wildman–Crippen MR) is 69.2 cm³/mol. The van der Waals surface area contributed by atoms with Crippen molar-refractivity contribution in [2.24, 2.45) is 0 Å². The van der Waals surface area contributed by atoms with E-state index in [1.807, 2.05) is 0 Å². The molecule has 0 heterocycles. The molecule has 0 aromatic rings. The number of hydrogen-bond acceptors (Lipinski definition) is 3. The summed E-state index contributed by atoms with van der Waals surface area (Å²) in [6.45, 7) is 9.65. The highest BCUT2D eigenvalue weighted by Gasteiger charge is 2.15. The van der Waals surface area contributed by atoms with E-state index in [4.69, 9.17) is 0 Å². The molecule has 0 fully saturated rings. The lowest BCUT2D eigenvalue weighted by atomic mass is 10.1. The van der Waals surface area contributed by atoms with Crippen LogP contribution in [0.1, 0.15) is 40.0 Å². The molecule has 0 saturated carbocycles. The summed E-state index contributed by atoms with van der Waals surface area (Å²) in [7, 11) is 0. The molecule has 0 amide bonds. The highest BCUT2D eigenvalue weighted by molar-refractivity contribution is 8.14. The molecular formula is C11H20OS2. The number of carbonyl (C=O) groups is 1. The van der Waals surface area contributed by atoms with Gasteiger partial charge in [-0.25, -0.2) is 0 Å². The zero-order chi connectivity index (χ0) is 11.1. The number of carbonyl (C=O) groups excluding carboxylic acids is 1. The molecule has 0 aliphatic carbocycles. The highest BCUT2D eigenvalue weighted by Crippen LogP contribution is 2.25. The molecule has 82 valence electrons. The third kappa shape index (κ3) is 5.76. The van der Waals surface area contributed by atoms with E-state index in [0.717, 1.165) is 19.3 Å². The van der Waals surface area contributed by atoms with E-state index in [1.165, 1.54) is 11.8 Å². The fourth-order valence-corrected chi connectivity index (χ4v) is 2.42. The Morgan fingerprint density at radius 3 is 2.36 bits per heavy atom. The largest absolute Gasteiger partial charge is 0.282 e. The van der Waals surface area contributed by atoms with Gasteiger partial charge in [-0.3, -0.25) is 4.79 Å². The van der Waals surface area contributed by atoms with Crippen molar-refractivity contribution in [1.82, 2.24) is 0 Å². The van der Waals surface area contributed by atoms with Crippen molar-refractivity contribution < 1.29 is 4.79 Å². The van der Waals surface area contributed by atoms with E-state index in [-0.39, 0.29) is 5.12 Å². The van der Waals surface area contributed by atoms with Crippen LogP contribution in [0.3, 0.4) is 0 Å². The van der Waals surface area contributed by atoms with Gasteiger partial charge in [0, 0.05) is 10.5 Å². The summed E-state index contributed by atoms with van der Waals surface area (Å²) in [5, 5.41) is 0.917. The van der Waals surface area contributed by atoms with Crippen LogP contribution in [0.2, 0.25) is 0 Å². The van der Waals surface area contributed by atoms with Crippen LogP contribution in [0.4, 0.5) is 0 Å². The van der Waals surface area contributed by atoms with Gasteiger partial charge in [-0.2, -0.15) is 12.6 Å². The lowest BCUT2D eigenvalue weighted by molar-refractivity contribution is -0.107. The van der Waals surface area contributed by atoms with Crippen molar-refractivity contribution in [3.05, 3.63) is 12.2 Å². The third-order valence-electron chi connectivity index (χ3n) is 2.08. The standard InChI is InChI=1S/C11H20OS2/c1-5-9(13)7-10(6-2)14-11(12)8(3)4/h9-10,13H,3,5-7H2,1-2,4H3. The van der Waals surface area contributed by atoms with Crippen LogP contribution in [-0.2, 0) is 4.79 Å². The van der Waals surface area contributed by atoms with Gasteiger partial charge in [-0.15, -0.1) is 0 Å². The molecule has 0 aliphatic rings. The van der Waals surface area contributed by atoms with Crippen LogP contribution in [0.15, 0.2) is 12.2 Å². The topological polar surface area (TPSA) is 17.1 Å². The Morgan fingerprint density at radius 2 is 2.00 bits per heavy atom. The maximum Gasteiger partial charge on any atom is 0.214 e. The summed E-state index contributed by atoms with van der Waals surface area (Å²) in [4.78, 5) is 11.4. The molecular weight excluding hydrogens is 212 g/mol. The first kappa shape index (κ1) is 14.1. The summed E-state index contributed by atoms with van der Waals surface area (Å²) >= 11 is 5.86. The minimum absolute atomic E-state index is 0.119. The summed E-state index contributed by atoms with van der Waals surface area (Å²) in [6, 6.07) is 0. The van der Waals surface area contributed by atoms with Gasteiger partial charge in [0.1, 0.15) is 0 Å². The second kappa shape index (κ2) is 7.41. The van der Waals surface area contributed by atoms with Crippen LogP contribution in [0.25, 0.3) is 0 Å². The van der Waals surface area contributed by atoms with Crippen LogP contribution in [-0.4, -0.2) is 15.6 Å². The van der Waals surface area contributed by atoms with Gasteiger partial charge in [0.25, 0.3) is 0 Å². The first-order valence-corrected chi connectivity index (χ1v) is 6.45. The molecule has 14 heavy (non-hydrogen) atoms. The Morgan fingerprint density at radius 1 is 1.43 bits per heavy atom. The lowest BCUT2D eigenvalue weighted by Crippen LogP contribution is -2.12. The maximum atomic E-state index is 11.4. The quantitative estimate of drug-likeness (QED) is 0.555. The van der Waals surface area contributed by atoms with Crippen LogP contribution in [0.5, 0.6) is 0 Å². The van der Waals surface area contributed by atoms with Gasteiger partial charge >= 0.3 is 0 Å². The van der Waals surface area contributed by atoms with Gasteiger partial charge in [0.2, 0.25) is 5.12 Å². The van der Waals surface area contributed by atoms with Crippen LogP contribution < -0.4 is 0 Å². The van der Waals surface area contributed by atoms with Gasteiger partial charge < -0.3 is 0 Å². The number of thiol groups is 1. The minimum Gasteiger partial charge on any atom is -0.282 e. The monoisotopic (exact) mass is 232 g/mol. The van der Waals surface area contributed by atoms with Crippen molar-refractivity contribution >= 4 is 29.5 Å². The van der Waals surface area contributed by atoms with Gasteiger partial charge in [-0.1, -0.05) is 32.2 Å². The predicted octanol–water partition coefficient (Wildman–Crippen LogP) is 3.70. The maximum absolute atomic E-state index is 11.4. The Bertz CT molecular complexity index is 201. The minimum atomic E-state index is 0.119. The molecule has 0 rings (SSSR count). The van der Waals surface area contributed by atoms with Crippen molar-refractivity contribution in [2.75, 3.05) is 0 Å². The number of rotatable bonds is 6. The summed E-state index contributed by atoms with van der Waals surface area (Å²) in [5.41, 5.74) is 0.640. The zero-order valence-corrected chi connectivity index (χ0v) is 11.0. The molecule has 0 radical (unpaired) electrons. The highest BCUT2D eigenvalue weighted by atomic mass is 32.2. The third-order valence-corrected chi connectivity index (χ3v) is 4.08. The molecule has 2 unspecified atom stereocenters. The van der Waals surface area contributed by atoms with Crippen molar-refractivity contribution in [3.63, 3.8) is 0 Å². The fraction of sp³-hybridized carbons (Fsp3) is 0.727. The SMILES string of the molecule is C=C(C)C(=O)SC(CC)CC(S)CC. The average molecular weight is 232 g/mol. The zero-order valence-electron chi connectivity index (χ0n) is 9.25. The molecule has 2 atom stereocenters. The van der Waals surface area contributed by atoms with E-state index in [0.29, 0.717) is 16.1 Å². The van der Waals surface area contributed by atoms with Gasteiger partial charge in [0.15, 0.2) is 0 Å². The lowest BCUT2D eigenvalue weighted by Gasteiger charge is -2.16. The molecule has 0 N–H and O–H groups in total. The van der Waals surface area contributed by atoms with Crippen LogP contribution in [0, 0.1) is 0 Å². The molecule has 0 saturated heterocycles. The van der Waals surface area contributed by atoms with E-state index in [2.05, 4.69) is 33.1 Å². The summed E-state index contributed by atoms with van der Waals surface area (Å²) in [5.74, 6) is 0. The van der Waals surface area contributed by atoms with E-state index < -0.39 is 0 Å². The van der Waals surface area contributed by atoms with E-state index >= 15 is 0 Å². The first-order valence-electron chi connectivity index (χ1n) is 5.05. The smallest absolute Gasteiger partial charge is 0.214 e. The van der Waals surface area contributed by atoms with E-state index in [1.54, 1.807) is 6.92 Å². The normalized spacial score (nSPS) is 14.9. The van der Waals surface area contributed by atoms with Crippen molar-refractivity contribution in [2.45, 2.75) is 50.5 Å². The van der Waals surface area contributed by atoms with Gasteiger partial charge in [0.05, 0.1) is 0 Å². The second-order valence-electron chi connectivity index (χ2n) is 3.51. The summed E-state index contributed by atoms with van der Waals surface area (Å²) < 4.78 is 0. The van der Waals surface area contributed by atoms with Crippen molar-refractivity contribution in [1.29, 1.82) is 0 Å². The fourth-order valence-electron chi connectivity index (χ4n) is 1.02. The molecule has 1 nitrogen and oxygen atoms in total. The second-order valence-corrected chi connectivity index (χ2v) is 5.52. The van der Waals surface area contributed by atoms with E-state index in [9.17, 15) is 4.79 Å². The molecule has 0 aromatic carbocycles. The molecule has 0 aromatic heterocycles. The Balaban J connectivity index is 4.02. The molecule has 0 aliphatic heterocycles. The molecule has 0 spiro atoms. The Kier molecular flexibility index (Phi) is 7.47. The first-order chi connectivity index (χ1) is 6.51. The Labute approximate surface area is 97.1 Å². The number of thioether (sulfide) groups is 1.